The summed E-state index contributed by atoms with van der Waals surface area (Å²) in [6.45, 7) is 3.81. The highest BCUT2D eigenvalue weighted by Gasteiger charge is 2.26. The summed E-state index contributed by atoms with van der Waals surface area (Å²) in [6, 6.07) is 8.61. The molecule has 98 valence electrons. The van der Waals surface area contributed by atoms with Crippen LogP contribution >= 0.6 is 0 Å². The first kappa shape index (κ1) is 12.9. The fourth-order valence-corrected chi connectivity index (χ4v) is 2.64. The number of hydrogen-bond donors (Lipinski definition) is 2. The van der Waals surface area contributed by atoms with Gasteiger partial charge >= 0.3 is 0 Å². The number of amidine groups is 1. The van der Waals surface area contributed by atoms with Gasteiger partial charge in [-0.1, -0.05) is 36.3 Å². The highest BCUT2D eigenvalue weighted by Crippen LogP contribution is 2.35. The van der Waals surface area contributed by atoms with E-state index in [1.807, 2.05) is 6.92 Å². The highest BCUT2D eigenvalue weighted by atomic mass is 16.4. The molecule has 0 saturated carbocycles. The van der Waals surface area contributed by atoms with E-state index in [0.29, 0.717) is 11.8 Å². The van der Waals surface area contributed by atoms with Crippen molar-refractivity contribution in [3.8, 4) is 0 Å². The predicted octanol–water partition coefficient (Wildman–Crippen LogP) is 1.64. The Morgan fingerprint density at radius 3 is 2.94 bits per heavy atom. The van der Waals surface area contributed by atoms with Crippen molar-refractivity contribution in [1.29, 1.82) is 0 Å². The third kappa shape index (κ3) is 2.64. The number of nitrogens with two attached hydrogens (primary N) is 1. The summed E-state index contributed by atoms with van der Waals surface area (Å²) in [6.07, 6.45) is 1.17. The van der Waals surface area contributed by atoms with Gasteiger partial charge in [-0.15, -0.1) is 0 Å². The van der Waals surface area contributed by atoms with E-state index in [1.165, 1.54) is 17.5 Å². The van der Waals surface area contributed by atoms with Gasteiger partial charge in [0.2, 0.25) is 0 Å². The first-order chi connectivity index (χ1) is 8.61. The Morgan fingerprint density at radius 1 is 1.56 bits per heavy atom. The number of rotatable bonds is 5. The molecule has 0 aliphatic heterocycles. The van der Waals surface area contributed by atoms with Crippen LogP contribution in [0.25, 0.3) is 0 Å². The zero-order valence-corrected chi connectivity index (χ0v) is 11.0. The van der Waals surface area contributed by atoms with Crippen molar-refractivity contribution in [3.05, 3.63) is 35.4 Å². The van der Waals surface area contributed by atoms with Crippen LogP contribution in [0.3, 0.4) is 0 Å². The normalized spacial score (nSPS) is 20.4. The third-order valence-corrected chi connectivity index (χ3v) is 3.70. The Kier molecular flexibility index (Phi) is 3.87. The van der Waals surface area contributed by atoms with Gasteiger partial charge in [0.05, 0.1) is 0 Å². The molecule has 1 aromatic rings. The number of benzene rings is 1. The van der Waals surface area contributed by atoms with Crippen LogP contribution in [0.2, 0.25) is 0 Å². The largest absolute Gasteiger partial charge is 0.409 e. The molecule has 2 atom stereocenters. The molecule has 3 N–H and O–H groups in total. The average molecular weight is 247 g/mol. The SMILES string of the molecule is CC(CN(C)CC1Cc2ccccc21)C(N)=NO. The molecule has 1 aromatic carbocycles. The Bertz CT molecular complexity index is 444. The van der Waals surface area contributed by atoms with Gasteiger partial charge in [-0.25, -0.2) is 0 Å². The summed E-state index contributed by atoms with van der Waals surface area (Å²) in [4.78, 5) is 2.25. The summed E-state index contributed by atoms with van der Waals surface area (Å²) in [5, 5.41) is 11.7. The molecule has 1 aliphatic rings. The molecule has 1 aliphatic carbocycles. The van der Waals surface area contributed by atoms with Crippen LogP contribution in [-0.2, 0) is 6.42 Å². The quantitative estimate of drug-likeness (QED) is 0.360. The van der Waals surface area contributed by atoms with E-state index in [1.54, 1.807) is 0 Å². The first-order valence-electron chi connectivity index (χ1n) is 6.35. The van der Waals surface area contributed by atoms with Crippen molar-refractivity contribution in [3.63, 3.8) is 0 Å². The van der Waals surface area contributed by atoms with E-state index in [2.05, 4.69) is 41.4 Å². The minimum atomic E-state index is 0.0790. The van der Waals surface area contributed by atoms with Gasteiger partial charge in [0, 0.05) is 24.9 Å². The fourth-order valence-electron chi connectivity index (χ4n) is 2.64. The van der Waals surface area contributed by atoms with Crippen LogP contribution in [0, 0.1) is 5.92 Å². The van der Waals surface area contributed by atoms with Gasteiger partial charge in [0.25, 0.3) is 0 Å². The van der Waals surface area contributed by atoms with Crippen LogP contribution in [0.1, 0.15) is 24.0 Å². The fraction of sp³-hybridized carbons (Fsp3) is 0.500. The predicted molar refractivity (Wildman–Crippen MR) is 73.0 cm³/mol. The number of nitrogens with zero attached hydrogens (tertiary/aromatic N) is 2. The van der Waals surface area contributed by atoms with E-state index in [9.17, 15) is 0 Å². The maximum absolute atomic E-state index is 8.63. The molecule has 18 heavy (non-hydrogen) atoms. The maximum Gasteiger partial charge on any atom is 0.143 e. The molecule has 4 heteroatoms. The molecule has 2 rings (SSSR count). The topological polar surface area (TPSA) is 61.8 Å². The number of likely N-dealkylation sites (N-methyl/N-ethyl adjacent to an activating group) is 1. The van der Waals surface area contributed by atoms with Crippen molar-refractivity contribution < 1.29 is 5.21 Å². The second kappa shape index (κ2) is 5.40. The van der Waals surface area contributed by atoms with Gasteiger partial charge in [-0.3, -0.25) is 0 Å². The van der Waals surface area contributed by atoms with Gasteiger partial charge < -0.3 is 15.8 Å². The summed E-state index contributed by atoms with van der Waals surface area (Å²) in [5.74, 6) is 1.01. The minimum Gasteiger partial charge on any atom is -0.409 e. The van der Waals surface area contributed by atoms with Crippen LogP contribution in [0.15, 0.2) is 29.4 Å². The van der Waals surface area contributed by atoms with Crippen molar-refractivity contribution in [2.24, 2.45) is 16.8 Å². The lowest BCUT2D eigenvalue weighted by Crippen LogP contribution is -2.37. The molecule has 0 bridgehead atoms. The summed E-state index contributed by atoms with van der Waals surface area (Å²) >= 11 is 0. The summed E-state index contributed by atoms with van der Waals surface area (Å²) in [5.41, 5.74) is 8.54. The van der Waals surface area contributed by atoms with Crippen molar-refractivity contribution in [2.45, 2.75) is 19.3 Å². The number of hydrogen-bond acceptors (Lipinski definition) is 3. The third-order valence-electron chi connectivity index (χ3n) is 3.70. The molecule has 0 spiro atoms. The smallest absolute Gasteiger partial charge is 0.143 e. The van der Waals surface area contributed by atoms with E-state index in [-0.39, 0.29) is 5.92 Å². The van der Waals surface area contributed by atoms with Gasteiger partial charge in [0.15, 0.2) is 0 Å². The molecule has 0 amide bonds. The van der Waals surface area contributed by atoms with Crippen LogP contribution < -0.4 is 5.73 Å². The zero-order valence-electron chi connectivity index (χ0n) is 11.0. The van der Waals surface area contributed by atoms with E-state index < -0.39 is 0 Å². The monoisotopic (exact) mass is 247 g/mol. The van der Waals surface area contributed by atoms with E-state index >= 15 is 0 Å². The van der Waals surface area contributed by atoms with Crippen molar-refractivity contribution >= 4 is 5.84 Å². The molecule has 0 aromatic heterocycles. The molecular weight excluding hydrogens is 226 g/mol. The standard InChI is InChI=1S/C14H21N3O/c1-10(14(15)16-18)8-17(2)9-12-7-11-5-3-4-6-13(11)12/h3-6,10,12,18H,7-9H2,1-2H3,(H2,15,16). The second-order valence-electron chi connectivity index (χ2n) is 5.25. The summed E-state index contributed by atoms with van der Waals surface area (Å²) in [7, 11) is 2.09. The van der Waals surface area contributed by atoms with Crippen molar-refractivity contribution in [1.82, 2.24) is 4.90 Å². The molecule has 0 radical (unpaired) electrons. The van der Waals surface area contributed by atoms with Crippen molar-refractivity contribution in [2.75, 3.05) is 20.1 Å². The van der Waals surface area contributed by atoms with E-state index in [4.69, 9.17) is 10.9 Å². The number of oxime groups is 1. The van der Waals surface area contributed by atoms with Gasteiger partial charge in [0.1, 0.15) is 5.84 Å². The Balaban J connectivity index is 1.85. The lowest BCUT2D eigenvalue weighted by molar-refractivity contribution is 0.275. The van der Waals surface area contributed by atoms with Gasteiger partial charge in [-0.05, 0) is 24.6 Å². The lowest BCUT2D eigenvalue weighted by Gasteiger charge is -2.34. The zero-order chi connectivity index (χ0) is 13.1. The second-order valence-corrected chi connectivity index (χ2v) is 5.25. The molecule has 0 fully saturated rings. The Labute approximate surface area is 108 Å². The minimum absolute atomic E-state index is 0.0790. The molecule has 2 unspecified atom stereocenters. The molecular formula is C14H21N3O. The highest BCUT2D eigenvalue weighted by molar-refractivity contribution is 5.82. The maximum atomic E-state index is 8.63. The molecule has 4 nitrogen and oxygen atoms in total. The average Bonchev–Trinajstić information content (AvgIpc) is 2.35. The Hall–Kier alpha value is -1.55. The van der Waals surface area contributed by atoms with Crippen LogP contribution in [0.4, 0.5) is 0 Å². The lowest BCUT2D eigenvalue weighted by atomic mass is 9.77. The Morgan fingerprint density at radius 2 is 2.28 bits per heavy atom. The summed E-state index contributed by atoms with van der Waals surface area (Å²) < 4.78 is 0. The molecule has 0 heterocycles. The first-order valence-corrected chi connectivity index (χ1v) is 6.35. The van der Waals surface area contributed by atoms with Crippen LogP contribution in [0.5, 0.6) is 0 Å². The van der Waals surface area contributed by atoms with E-state index in [0.717, 1.165) is 13.1 Å². The number of fused-ring (bicyclic) bond motifs is 1. The van der Waals surface area contributed by atoms with Crippen LogP contribution in [-0.4, -0.2) is 36.1 Å². The molecule has 0 saturated heterocycles. The van der Waals surface area contributed by atoms with Gasteiger partial charge in [-0.2, -0.15) is 0 Å².